The summed E-state index contributed by atoms with van der Waals surface area (Å²) in [4.78, 5) is 40.9. The highest BCUT2D eigenvalue weighted by Crippen LogP contribution is 2.40. The molecule has 3 rings (SSSR count). The second-order valence-electron chi connectivity index (χ2n) is 9.62. The van der Waals surface area contributed by atoms with Crippen LogP contribution in [0.3, 0.4) is 0 Å². The average molecular weight is 576 g/mol. The number of benzene rings is 1. The monoisotopic (exact) mass is 575 g/mol. The highest BCUT2D eigenvalue weighted by molar-refractivity contribution is 6.35. The lowest BCUT2D eigenvalue weighted by Crippen LogP contribution is -2.25. The summed E-state index contributed by atoms with van der Waals surface area (Å²) in [7, 11) is 3.13. The molecule has 11 heteroatoms. The van der Waals surface area contributed by atoms with E-state index in [-0.39, 0.29) is 24.8 Å². The molecule has 1 aliphatic rings. The van der Waals surface area contributed by atoms with Crippen LogP contribution in [0.4, 0.5) is 15.8 Å². The van der Waals surface area contributed by atoms with Crippen molar-refractivity contribution in [2.24, 2.45) is 0 Å². The quantitative estimate of drug-likeness (QED) is 0.252. The van der Waals surface area contributed by atoms with Crippen molar-refractivity contribution in [3.63, 3.8) is 0 Å². The Balaban J connectivity index is 0.000000497. The fraction of sp³-hybridized carbons (Fsp3) is 0.500. The van der Waals surface area contributed by atoms with Gasteiger partial charge in [-0.1, -0.05) is 13.8 Å². The van der Waals surface area contributed by atoms with Gasteiger partial charge in [-0.05, 0) is 76.5 Å². The molecule has 0 atom stereocenters. The summed E-state index contributed by atoms with van der Waals surface area (Å²) in [6, 6.07) is 1.27. The van der Waals surface area contributed by atoms with Crippen molar-refractivity contribution in [2.75, 3.05) is 64.2 Å². The van der Waals surface area contributed by atoms with Crippen LogP contribution in [0.25, 0.3) is 11.6 Å². The minimum atomic E-state index is -0.603. The number of carbonyl (C=O) groups is 3. The van der Waals surface area contributed by atoms with Gasteiger partial charge in [0.2, 0.25) is 12.3 Å². The first kappa shape index (κ1) is 35.5. The van der Waals surface area contributed by atoms with Gasteiger partial charge < -0.3 is 35.3 Å². The molecule has 2 heterocycles. The lowest BCUT2D eigenvalue weighted by atomic mass is 10.0. The Kier molecular flexibility index (Phi) is 15.0. The molecule has 228 valence electrons. The zero-order chi connectivity index (χ0) is 31.3. The normalized spacial score (nSPS) is 12.7. The molecule has 0 aliphatic carbocycles. The van der Waals surface area contributed by atoms with Crippen molar-refractivity contribution in [3.05, 3.63) is 45.5 Å². The number of H-pyrrole nitrogens is 1. The van der Waals surface area contributed by atoms with Gasteiger partial charge in [0.1, 0.15) is 12.4 Å². The van der Waals surface area contributed by atoms with Crippen LogP contribution in [0.2, 0.25) is 0 Å². The predicted molar refractivity (Wildman–Crippen MR) is 162 cm³/mol. The van der Waals surface area contributed by atoms with Gasteiger partial charge >= 0.3 is 0 Å². The van der Waals surface area contributed by atoms with Crippen LogP contribution in [-0.4, -0.2) is 91.7 Å². The van der Waals surface area contributed by atoms with Gasteiger partial charge in [0, 0.05) is 44.2 Å². The second kappa shape index (κ2) is 17.3. The predicted octanol–water partition coefficient (Wildman–Crippen LogP) is 3.88. The molecule has 0 radical (unpaired) electrons. The van der Waals surface area contributed by atoms with Gasteiger partial charge in [0.15, 0.2) is 0 Å². The summed E-state index contributed by atoms with van der Waals surface area (Å²) >= 11 is 0. The third kappa shape index (κ3) is 9.80. The Hall–Kier alpha value is -3.54. The van der Waals surface area contributed by atoms with E-state index in [2.05, 4.69) is 34.4 Å². The number of amides is 3. The van der Waals surface area contributed by atoms with E-state index in [9.17, 15) is 18.8 Å². The molecule has 10 nitrogen and oxygen atoms in total. The topological polar surface area (TPSA) is 127 Å². The summed E-state index contributed by atoms with van der Waals surface area (Å²) in [5.74, 6) is -1.38. The highest BCUT2D eigenvalue weighted by atomic mass is 19.1. The van der Waals surface area contributed by atoms with E-state index in [4.69, 9.17) is 9.84 Å². The molecule has 0 saturated heterocycles. The number of aryl methyl sites for hydroxylation is 1. The Morgan fingerprint density at radius 2 is 1.73 bits per heavy atom. The number of rotatable bonds is 10. The Morgan fingerprint density at radius 3 is 2.15 bits per heavy atom. The molecule has 1 aliphatic heterocycles. The number of aromatic amines is 1. The maximum absolute atomic E-state index is 14.7. The summed E-state index contributed by atoms with van der Waals surface area (Å²) in [6.07, 6.45) is 2.54. The van der Waals surface area contributed by atoms with Crippen LogP contribution in [0, 0.1) is 33.5 Å². The van der Waals surface area contributed by atoms with E-state index < -0.39 is 11.7 Å². The lowest BCUT2D eigenvalue weighted by Gasteiger charge is -2.15. The van der Waals surface area contributed by atoms with Crippen LogP contribution in [-0.2, 0) is 19.1 Å². The minimum absolute atomic E-state index is 0.0418. The van der Waals surface area contributed by atoms with Gasteiger partial charge in [0.05, 0.1) is 23.6 Å². The van der Waals surface area contributed by atoms with Gasteiger partial charge in [0.25, 0.3) is 5.91 Å². The fourth-order valence-electron chi connectivity index (χ4n) is 3.97. The molecular weight excluding hydrogens is 529 g/mol. The van der Waals surface area contributed by atoms with Crippen LogP contribution in [0.5, 0.6) is 0 Å². The van der Waals surface area contributed by atoms with Crippen molar-refractivity contribution >= 4 is 41.2 Å². The number of hydrogen-bond acceptors (Lipinski definition) is 6. The van der Waals surface area contributed by atoms with Crippen LogP contribution >= 0.6 is 0 Å². The molecule has 0 unspecified atom stereocenters. The smallest absolute Gasteiger partial charge is 0.256 e. The van der Waals surface area contributed by atoms with E-state index in [1.807, 2.05) is 27.7 Å². The number of aliphatic hydroxyl groups is 1. The molecule has 3 amide bonds. The summed E-state index contributed by atoms with van der Waals surface area (Å²) in [6.45, 7) is 17.5. The number of hydrogen-bond donors (Lipinski definition) is 4. The standard InChI is InChI=1S/C20H22FN3O3.C6H15NO.C4H9NO/c1-9-10(2)16(22-12(9)4)7-14-13-6-15(21)19(23-17(25)8-27-5)11(3)18(13)24-20(14)26;1-3-7(4-2)5-6-8;1-3-5(2)4-6/h6-7,22H,8H2,1-5H3,(H,23,25)(H,24,26);8H,3-6H2,1-2H3;4H,3H2,1-2H3/b14-7-;;. The first-order valence-corrected chi connectivity index (χ1v) is 13.7. The lowest BCUT2D eigenvalue weighted by molar-refractivity contribution is -0.119. The van der Waals surface area contributed by atoms with Crippen molar-refractivity contribution in [1.82, 2.24) is 14.8 Å². The van der Waals surface area contributed by atoms with Crippen LogP contribution in [0.1, 0.15) is 54.4 Å². The molecule has 0 fully saturated rings. The number of likely N-dealkylation sites (N-methyl/N-ethyl adjacent to an activating group) is 1. The third-order valence-corrected chi connectivity index (χ3v) is 6.97. The van der Waals surface area contributed by atoms with Crippen LogP contribution in [0.15, 0.2) is 6.07 Å². The van der Waals surface area contributed by atoms with E-state index in [1.165, 1.54) is 13.2 Å². The number of methoxy groups -OCH3 is 1. The van der Waals surface area contributed by atoms with Crippen LogP contribution < -0.4 is 10.6 Å². The Morgan fingerprint density at radius 1 is 1.10 bits per heavy atom. The molecule has 41 heavy (non-hydrogen) atoms. The first-order valence-electron chi connectivity index (χ1n) is 13.7. The van der Waals surface area contributed by atoms with Gasteiger partial charge in [-0.15, -0.1) is 0 Å². The van der Waals surface area contributed by atoms with Gasteiger partial charge in [-0.3, -0.25) is 14.4 Å². The molecule has 0 bridgehead atoms. The highest BCUT2D eigenvalue weighted by Gasteiger charge is 2.29. The molecule has 0 saturated carbocycles. The fourth-order valence-corrected chi connectivity index (χ4v) is 3.97. The van der Waals surface area contributed by atoms with Crippen molar-refractivity contribution in [3.8, 4) is 0 Å². The number of halogens is 1. The van der Waals surface area contributed by atoms with E-state index in [0.717, 1.165) is 55.1 Å². The zero-order valence-corrected chi connectivity index (χ0v) is 25.8. The van der Waals surface area contributed by atoms with Crippen molar-refractivity contribution < 1.29 is 28.6 Å². The largest absolute Gasteiger partial charge is 0.395 e. The number of aromatic nitrogens is 1. The number of carbonyl (C=O) groups excluding carboxylic acids is 3. The van der Waals surface area contributed by atoms with E-state index in [0.29, 0.717) is 22.4 Å². The Labute approximate surface area is 242 Å². The maximum Gasteiger partial charge on any atom is 0.256 e. The maximum atomic E-state index is 14.7. The van der Waals surface area contributed by atoms with Crippen molar-refractivity contribution in [2.45, 2.75) is 48.5 Å². The molecule has 4 N–H and O–H groups in total. The van der Waals surface area contributed by atoms with E-state index >= 15 is 0 Å². The number of ether oxygens (including phenoxy) is 1. The molecule has 1 aromatic heterocycles. The van der Waals surface area contributed by atoms with Crippen molar-refractivity contribution in [1.29, 1.82) is 0 Å². The molecule has 2 aromatic rings. The number of anilines is 2. The molecule has 1 aromatic carbocycles. The summed E-state index contributed by atoms with van der Waals surface area (Å²) in [5.41, 5.74) is 5.87. The van der Waals surface area contributed by atoms with Gasteiger partial charge in [-0.25, -0.2) is 4.39 Å². The number of nitrogens with zero attached hydrogens (tertiary/aromatic N) is 2. The number of fused-ring (bicyclic) bond motifs is 1. The molecule has 0 spiro atoms. The number of aliphatic hydroxyl groups excluding tert-OH is 1. The minimum Gasteiger partial charge on any atom is -0.395 e. The van der Waals surface area contributed by atoms with E-state index in [1.54, 1.807) is 24.9 Å². The SMILES string of the molecule is CCN(C)C=O.CCN(CC)CCO.COCC(=O)Nc1c(F)cc2c(c1C)NC(=O)/C2=C\c1[nH]c(C)c(C)c1C. The summed E-state index contributed by atoms with van der Waals surface area (Å²) in [5, 5.41) is 13.7. The molecular formula is C30H46FN5O5. The van der Waals surface area contributed by atoms with Gasteiger partial charge in [-0.2, -0.15) is 0 Å². The first-order chi connectivity index (χ1) is 19.4. The summed E-state index contributed by atoms with van der Waals surface area (Å²) < 4.78 is 19.4. The number of nitrogens with one attached hydrogen (secondary N) is 3. The average Bonchev–Trinajstić information content (AvgIpc) is 3.39. The second-order valence-corrected chi connectivity index (χ2v) is 9.62. The third-order valence-electron chi connectivity index (χ3n) is 6.97. The zero-order valence-electron chi connectivity index (χ0n) is 25.8. The Bertz CT molecular complexity index is 1220.